The molecule has 1 aromatic carbocycles. The zero-order valence-corrected chi connectivity index (χ0v) is 17.1. The number of likely N-dealkylation sites (N-methyl/N-ethyl adjacent to an activating group) is 1. The average molecular weight is 391 g/mol. The number of hydrogen-bond donors (Lipinski definition) is 1. The van der Waals surface area contributed by atoms with Crippen molar-refractivity contribution in [2.75, 3.05) is 30.9 Å². The Morgan fingerprint density at radius 3 is 2.59 bits per heavy atom. The van der Waals surface area contributed by atoms with Gasteiger partial charge in [-0.1, -0.05) is 6.07 Å². The summed E-state index contributed by atoms with van der Waals surface area (Å²) in [6, 6.07) is 11.3. The van der Waals surface area contributed by atoms with Crippen LogP contribution in [0.2, 0.25) is 0 Å². The Morgan fingerprint density at radius 2 is 1.86 bits per heavy atom. The van der Waals surface area contributed by atoms with E-state index in [4.69, 9.17) is 4.74 Å². The molecule has 7 heteroatoms. The molecule has 0 spiro atoms. The summed E-state index contributed by atoms with van der Waals surface area (Å²) in [4.78, 5) is 27.7. The molecular weight excluding hydrogens is 366 g/mol. The van der Waals surface area contributed by atoms with E-state index < -0.39 is 0 Å². The lowest BCUT2D eigenvalue weighted by Crippen LogP contribution is -2.24. The molecule has 0 bridgehead atoms. The molecule has 0 unspecified atom stereocenters. The zero-order valence-electron chi connectivity index (χ0n) is 17.1. The average Bonchev–Trinajstić information content (AvgIpc) is 2.72. The first-order valence-corrected chi connectivity index (χ1v) is 9.38. The lowest BCUT2D eigenvalue weighted by Gasteiger charge is -2.18. The molecule has 7 nitrogen and oxygen atoms in total. The summed E-state index contributed by atoms with van der Waals surface area (Å²) in [5.41, 5.74) is 3.86. The van der Waals surface area contributed by atoms with Crippen molar-refractivity contribution in [2.24, 2.45) is 0 Å². The predicted molar refractivity (Wildman–Crippen MR) is 114 cm³/mol. The van der Waals surface area contributed by atoms with Crippen molar-refractivity contribution in [1.29, 1.82) is 0 Å². The third-order valence-corrected chi connectivity index (χ3v) is 4.50. The van der Waals surface area contributed by atoms with Gasteiger partial charge in [-0.2, -0.15) is 0 Å². The van der Waals surface area contributed by atoms with Crippen LogP contribution in [-0.4, -0.2) is 41.6 Å². The summed E-state index contributed by atoms with van der Waals surface area (Å²) in [5.74, 6) is 0.813. The van der Waals surface area contributed by atoms with E-state index in [1.165, 1.54) is 5.56 Å². The summed E-state index contributed by atoms with van der Waals surface area (Å²) >= 11 is 0. The first-order chi connectivity index (χ1) is 14.0. The number of benzene rings is 1. The van der Waals surface area contributed by atoms with Crippen molar-refractivity contribution in [1.82, 2.24) is 15.0 Å². The van der Waals surface area contributed by atoms with E-state index in [1.54, 1.807) is 25.6 Å². The maximum Gasteiger partial charge on any atom is 0.274 e. The van der Waals surface area contributed by atoms with E-state index in [0.717, 1.165) is 24.2 Å². The monoisotopic (exact) mass is 391 g/mol. The van der Waals surface area contributed by atoms with Crippen LogP contribution in [0.1, 0.15) is 27.3 Å². The molecule has 0 aliphatic rings. The first-order valence-electron chi connectivity index (χ1n) is 9.38. The summed E-state index contributed by atoms with van der Waals surface area (Å²) in [6.07, 6.45) is 4.39. The van der Waals surface area contributed by atoms with Crippen LogP contribution < -0.4 is 15.0 Å². The van der Waals surface area contributed by atoms with E-state index in [1.807, 2.05) is 56.1 Å². The maximum absolute atomic E-state index is 12.8. The standard InChI is InChI=1S/C22H25N5O2/c1-15-5-6-20(29-4)18(13-15)25-21(28)19-14-16(2)24-22(26-19)27(3)12-9-17-7-10-23-11-8-17/h5-8,10-11,13-14H,9,12H2,1-4H3,(H,25,28). The Balaban J connectivity index is 1.76. The van der Waals surface area contributed by atoms with E-state index in [9.17, 15) is 4.79 Å². The number of pyridine rings is 1. The van der Waals surface area contributed by atoms with Crippen molar-refractivity contribution in [3.05, 3.63) is 71.3 Å². The Bertz CT molecular complexity index is 992. The van der Waals surface area contributed by atoms with Gasteiger partial charge in [0.1, 0.15) is 11.4 Å². The molecular formula is C22H25N5O2. The number of carbonyl (C=O) groups excluding carboxylic acids is 1. The van der Waals surface area contributed by atoms with Gasteiger partial charge in [-0.15, -0.1) is 0 Å². The highest BCUT2D eigenvalue weighted by atomic mass is 16.5. The highest BCUT2D eigenvalue weighted by Crippen LogP contribution is 2.25. The van der Waals surface area contributed by atoms with Gasteiger partial charge in [0, 0.05) is 31.7 Å². The summed E-state index contributed by atoms with van der Waals surface area (Å²) < 4.78 is 5.34. The van der Waals surface area contributed by atoms with Crippen LogP contribution >= 0.6 is 0 Å². The van der Waals surface area contributed by atoms with Crippen LogP contribution in [-0.2, 0) is 6.42 Å². The number of carbonyl (C=O) groups is 1. The van der Waals surface area contributed by atoms with Crippen molar-refractivity contribution >= 4 is 17.5 Å². The summed E-state index contributed by atoms with van der Waals surface area (Å²) in [6.45, 7) is 4.53. The van der Waals surface area contributed by atoms with Crippen molar-refractivity contribution < 1.29 is 9.53 Å². The number of ether oxygens (including phenoxy) is 1. The highest BCUT2D eigenvalue weighted by Gasteiger charge is 2.15. The van der Waals surface area contributed by atoms with Crippen LogP contribution in [0.4, 0.5) is 11.6 Å². The quantitative estimate of drug-likeness (QED) is 0.665. The zero-order chi connectivity index (χ0) is 20.8. The van der Waals surface area contributed by atoms with Crippen LogP contribution in [0.15, 0.2) is 48.8 Å². The molecule has 2 aromatic heterocycles. The lowest BCUT2D eigenvalue weighted by molar-refractivity contribution is 0.102. The van der Waals surface area contributed by atoms with Gasteiger partial charge >= 0.3 is 0 Å². The number of rotatable bonds is 7. The molecule has 0 radical (unpaired) electrons. The SMILES string of the molecule is COc1ccc(C)cc1NC(=O)c1cc(C)nc(N(C)CCc2ccncc2)n1. The largest absolute Gasteiger partial charge is 0.495 e. The first kappa shape index (κ1) is 20.3. The van der Waals surface area contributed by atoms with Gasteiger partial charge in [-0.3, -0.25) is 9.78 Å². The fourth-order valence-electron chi connectivity index (χ4n) is 2.89. The van der Waals surface area contributed by atoms with Crippen LogP contribution in [0.25, 0.3) is 0 Å². The molecule has 0 saturated carbocycles. The molecule has 0 atom stereocenters. The number of nitrogens with zero attached hydrogens (tertiary/aromatic N) is 4. The molecule has 2 heterocycles. The number of aromatic nitrogens is 3. The second kappa shape index (κ2) is 9.14. The Hall–Kier alpha value is -3.48. The van der Waals surface area contributed by atoms with Crippen molar-refractivity contribution in [2.45, 2.75) is 20.3 Å². The minimum Gasteiger partial charge on any atom is -0.495 e. The van der Waals surface area contributed by atoms with Gasteiger partial charge in [-0.05, 0) is 61.7 Å². The van der Waals surface area contributed by atoms with E-state index in [2.05, 4.69) is 20.3 Å². The molecule has 29 heavy (non-hydrogen) atoms. The molecule has 150 valence electrons. The van der Waals surface area contributed by atoms with Crippen molar-refractivity contribution in [3.8, 4) is 5.75 Å². The number of anilines is 2. The number of nitrogens with one attached hydrogen (secondary N) is 1. The molecule has 0 aliphatic heterocycles. The normalized spacial score (nSPS) is 10.5. The predicted octanol–water partition coefficient (Wildman–Crippen LogP) is 3.43. The molecule has 0 aliphatic carbocycles. The van der Waals surface area contributed by atoms with Gasteiger partial charge in [0.15, 0.2) is 0 Å². The number of hydrogen-bond acceptors (Lipinski definition) is 6. The molecule has 3 rings (SSSR count). The van der Waals surface area contributed by atoms with Gasteiger partial charge in [0.2, 0.25) is 5.95 Å². The Labute approximate surface area is 170 Å². The third-order valence-electron chi connectivity index (χ3n) is 4.50. The van der Waals surface area contributed by atoms with E-state index >= 15 is 0 Å². The Morgan fingerprint density at radius 1 is 1.10 bits per heavy atom. The minimum absolute atomic E-state index is 0.303. The topological polar surface area (TPSA) is 80.2 Å². The minimum atomic E-state index is -0.303. The second-order valence-corrected chi connectivity index (χ2v) is 6.88. The van der Waals surface area contributed by atoms with E-state index in [0.29, 0.717) is 23.1 Å². The lowest BCUT2D eigenvalue weighted by atomic mass is 10.2. The third kappa shape index (κ3) is 5.28. The van der Waals surface area contributed by atoms with Crippen LogP contribution in [0.3, 0.4) is 0 Å². The smallest absolute Gasteiger partial charge is 0.274 e. The van der Waals surface area contributed by atoms with Crippen LogP contribution in [0, 0.1) is 13.8 Å². The number of amides is 1. The van der Waals surface area contributed by atoms with Gasteiger partial charge in [0.25, 0.3) is 5.91 Å². The van der Waals surface area contributed by atoms with Crippen molar-refractivity contribution in [3.63, 3.8) is 0 Å². The molecule has 1 amide bonds. The van der Waals surface area contributed by atoms with E-state index in [-0.39, 0.29) is 5.91 Å². The highest BCUT2D eigenvalue weighted by molar-refractivity contribution is 6.04. The fourth-order valence-corrected chi connectivity index (χ4v) is 2.89. The molecule has 1 N–H and O–H groups in total. The molecule has 0 fully saturated rings. The number of methoxy groups -OCH3 is 1. The Kier molecular flexibility index (Phi) is 6.39. The van der Waals surface area contributed by atoms with Gasteiger partial charge in [-0.25, -0.2) is 9.97 Å². The summed E-state index contributed by atoms with van der Waals surface area (Å²) in [5, 5.41) is 2.89. The molecule has 0 saturated heterocycles. The number of aryl methyl sites for hydroxylation is 2. The maximum atomic E-state index is 12.8. The van der Waals surface area contributed by atoms with Gasteiger partial charge < -0.3 is 15.0 Å². The molecule has 3 aromatic rings. The summed E-state index contributed by atoms with van der Waals surface area (Å²) in [7, 11) is 3.49. The second-order valence-electron chi connectivity index (χ2n) is 6.88. The van der Waals surface area contributed by atoms with Crippen LogP contribution in [0.5, 0.6) is 5.75 Å². The van der Waals surface area contributed by atoms with Gasteiger partial charge in [0.05, 0.1) is 12.8 Å². The fraction of sp³-hybridized carbons (Fsp3) is 0.273.